The second kappa shape index (κ2) is 8.36. The predicted molar refractivity (Wildman–Crippen MR) is 105 cm³/mol. The second-order valence-electron chi connectivity index (χ2n) is 6.72. The number of anilines is 1. The van der Waals surface area contributed by atoms with Crippen LogP contribution in [-0.2, 0) is 11.2 Å². The number of hydrogen-bond donors (Lipinski definition) is 1. The zero-order valence-corrected chi connectivity index (χ0v) is 16.3. The summed E-state index contributed by atoms with van der Waals surface area (Å²) in [6.45, 7) is 5.12. The molecule has 1 aliphatic rings. The van der Waals surface area contributed by atoms with Gasteiger partial charge in [-0.15, -0.1) is 10.2 Å². The predicted octanol–water partition coefficient (Wildman–Crippen LogP) is 3.00. The molecule has 0 saturated carbocycles. The summed E-state index contributed by atoms with van der Waals surface area (Å²) in [4.78, 5) is 23.0. The Labute approximate surface area is 168 Å². The molecule has 3 heterocycles. The third-order valence-electron chi connectivity index (χ3n) is 4.60. The van der Waals surface area contributed by atoms with Gasteiger partial charge in [-0.25, -0.2) is 14.8 Å². The molecule has 2 amide bonds. The van der Waals surface area contributed by atoms with Gasteiger partial charge in [0.2, 0.25) is 11.8 Å². The Morgan fingerprint density at radius 2 is 2.07 bits per heavy atom. The maximum Gasteiger partial charge on any atom is 0.322 e. The van der Waals surface area contributed by atoms with Gasteiger partial charge in [0.25, 0.3) is 0 Å². The number of ether oxygens (including phenoxy) is 1. The number of amides is 2. The number of carbonyl (C=O) groups excluding carboxylic acids is 1. The maximum absolute atomic E-state index is 12.7. The van der Waals surface area contributed by atoms with Gasteiger partial charge < -0.3 is 19.4 Å². The van der Waals surface area contributed by atoms with E-state index in [1.165, 1.54) is 0 Å². The minimum Gasteiger partial charge on any atom is -0.422 e. The summed E-state index contributed by atoms with van der Waals surface area (Å²) in [6, 6.07) is 9.10. The Hall–Kier alpha value is -3.33. The van der Waals surface area contributed by atoms with Crippen molar-refractivity contribution in [1.82, 2.24) is 25.1 Å². The van der Waals surface area contributed by atoms with Crippen LogP contribution >= 0.6 is 0 Å². The van der Waals surface area contributed by atoms with E-state index in [2.05, 4.69) is 25.5 Å². The second-order valence-corrected chi connectivity index (χ2v) is 6.72. The summed E-state index contributed by atoms with van der Waals surface area (Å²) in [5, 5.41) is 10.9. The standard InChI is InChI=1S/C20H22N6O3/c1-3-17-24-25-19(29-17)16-12-26(10-11-28-16)20(27)23-15-6-4-14(5-7-15)18-21-9-8-13(2)22-18/h4-9,16H,3,10-12H2,1-2H3,(H,23,27). The molecule has 1 atom stereocenters. The van der Waals surface area contributed by atoms with Crippen molar-refractivity contribution >= 4 is 11.7 Å². The normalized spacial score (nSPS) is 16.6. The summed E-state index contributed by atoms with van der Waals surface area (Å²) in [7, 11) is 0. The topological polar surface area (TPSA) is 106 Å². The van der Waals surface area contributed by atoms with Crippen LogP contribution in [-0.4, -0.2) is 50.8 Å². The van der Waals surface area contributed by atoms with Gasteiger partial charge in [0.1, 0.15) is 0 Å². The van der Waals surface area contributed by atoms with Crippen LogP contribution in [0.4, 0.5) is 10.5 Å². The molecule has 1 unspecified atom stereocenters. The zero-order valence-electron chi connectivity index (χ0n) is 16.3. The van der Waals surface area contributed by atoms with Crippen molar-refractivity contribution in [3.05, 3.63) is 54.0 Å². The number of benzene rings is 1. The van der Waals surface area contributed by atoms with E-state index in [1.54, 1.807) is 11.1 Å². The van der Waals surface area contributed by atoms with Gasteiger partial charge >= 0.3 is 6.03 Å². The minimum atomic E-state index is -0.414. The SMILES string of the molecule is CCc1nnc(C2CN(C(=O)Nc3ccc(-c4nccc(C)n4)cc3)CCO2)o1. The maximum atomic E-state index is 12.7. The quantitative estimate of drug-likeness (QED) is 0.725. The van der Waals surface area contributed by atoms with Crippen LogP contribution in [0, 0.1) is 6.92 Å². The highest BCUT2D eigenvalue weighted by molar-refractivity contribution is 5.89. The van der Waals surface area contributed by atoms with Crippen molar-refractivity contribution < 1.29 is 13.9 Å². The molecule has 9 nitrogen and oxygen atoms in total. The number of nitrogens with zero attached hydrogens (tertiary/aromatic N) is 5. The van der Waals surface area contributed by atoms with Crippen molar-refractivity contribution in [3.63, 3.8) is 0 Å². The third-order valence-corrected chi connectivity index (χ3v) is 4.60. The molecular formula is C20H22N6O3. The summed E-state index contributed by atoms with van der Waals surface area (Å²) in [5.74, 6) is 1.62. The first-order valence-corrected chi connectivity index (χ1v) is 9.52. The first-order valence-electron chi connectivity index (χ1n) is 9.52. The Morgan fingerprint density at radius 1 is 1.24 bits per heavy atom. The Morgan fingerprint density at radius 3 is 2.79 bits per heavy atom. The number of urea groups is 1. The molecule has 1 saturated heterocycles. The van der Waals surface area contributed by atoms with Crippen LogP contribution in [0.2, 0.25) is 0 Å². The largest absolute Gasteiger partial charge is 0.422 e. The van der Waals surface area contributed by atoms with E-state index >= 15 is 0 Å². The van der Waals surface area contributed by atoms with Gasteiger partial charge in [-0.3, -0.25) is 0 Å². The molecule has 0 aliphatic carbocycles. The molecule has 9 heteroatoms. The molecule has 1 fully saturated rings. The first kappa shape index (κ1) is 19.0. The lowest BCUT2D eigenvalue weighted by molar-refractivity contribution is -0.0275. The van der Waals surface area contributed by atoms with Crippen LogP contribution in [0.5, 0.6) is 0 Å². The van der Waals surface area contributed by atoms with Gasteiger partial charge in [-0.05, 0) is 37.3 Å². The number of aryl methyl sites for hydroxylation is 2. The van der Waals surface area contributed by atoms with Crippen molar-refractivity contribution in [2.75, 3.05) is 25.0 Å². The monoisotopic (exact) mass is 394 g/mol. The number of nitrogens with one attached hydrogen (secondary N) is 1. The fraction of sp³-hybridized carbons (Fsp3) is 0.350. The molecule has 29 heavy (non-hydrogen) atoms. The average molecular weight is 394 g/mol. The van der Waals surface area contributed by atoms with E-state index in [0.29, 0.717) is 49.4 Å². The van der Waals surface area contributed by atoms with E-state index in [9.17, 15) is 4.79 Å². The molecule has 0 bridgehead atoms. The van der Waals surface area contributed by atoms with Crippen molar-refractivity contribution in [3.8, 4) is 11.4 Å². The molecule has 1 aromatic carbocycles. The highest BCUT2D eigenvalue weighted by Crippen LogP contribution is 2.23. The Bertz CT molecular complexity index is 988. The summed E-state index contributed by atoms with van der Waals surface area (Å²) in [6.07, 6.45) is 1.98. The molecule has 1 aliphatic heterocycles. The van der Waals surface area contributed by atoms with Crippen LogP contribution in [0.3, 0.4) is 0 Å². The lowest BCUT2D eigenvalue weighted by Crippen LogP contribution is -2.44. The molecule has 150 valence electrons. The lowest BCUT2D eigenvalue weighted by Gasteiger charge is -2.31. The van der Waals surface area contributed by atoms with E-state index in [4.69, 9.17) is 9.15 Å². The van der Waals surface area contributed by atoms with Gasteiger partial charge in [0.15, 0.2) is 11.9 Å². The summed E-state index contributed by atoms with van der Waals surface area (Å²) < 4.78 is 11.3. The molecule has 4 rings (SSSR count). The number of aromatic nitrogens is 4. The van der Waals surface area contributed by atoms with Gasteiger partial charge in [0, 0.05) is 36.1 Å². The van der Waals surface area contributed by atoms with E-state index in [-0.39, 0.29) is 6.03 Å². The lowest BCUT2D eigenvalue weighted by atomic mass is 10.2. The van der Waals surface area contributed by atoms with Crippen LogP contribution in [0.1, 0.15) is 30.5 Å². The van der Waals surface area contributed by atoms with Crippen molar-refractivity contribution in [2.24, 2.45) is 0 Å². The molecule has 2 aromatic heterocycles. The van der Waals surface area contributed by atoms with Crippen molar-refractivity contribution in [1.29, 1.82) is 0 Å². The highest BCUT2D eigenvalue weighted by atomic mass is 16.5. The van der Waals surface area contributed by atoms with Crippen LogP contribution in [0.25, 0.3) is 11.4 Å². The molecular weight excluding hydrogens is 372 g/mol. The zero-order chi connectivity index (χ0) is 20.2. The van der Waals surface area contributed by atoms with Crippen LogP contribution < -0.4 is 5.32 Å². The Balaban J connectivity index is 1.39. The average Bonchev–Trinajstić information content (AvgIpc) is 3.24. The number of morpholine rings is 1. The smallest absolute Gasteiger partial charge is 0.322 e. The fourth-order valence-electron chi connectivity index (χ4n) is 3.02. The Kier molecular flexibility index (Phi) is 5.48. The number of rotatable bonds is 4. The van der Waals surface area contributed by atoms with Gasteiger partial charge in [-0.1, -0.05) is 6.92 Å². The van der Waals surface area contributed by atoms with Gasteiger partial charge in [0.05, 0.1) is 13.2 Å². The van der Waals surface area contributed by atoms with Crippen LogP contribution in [0.15, 0.2) is 40.9 Å². The van der Waals surface area contributed by atoms with Gasteiger partial charge in [-0.2, -0.15) is 0 Å². The molecule has 0 spiro atoms. The van der Waals surface area contributed by atoms with E-state index < -0.39 is 6.10 Å². The fourth-order valence-corrected chi connectivity index (χ4v) is 3.02. The highest BCUT2D eigenvalue weighted by Gasteiger charge is 2.29. The molecule has 0 radical (unpaired) electrons. The molecule has 3 aromatic rings. The third kappa shape index (κ3) is 4.40. The van der Waals surface area contributed by atoms with Crippen molar-refractivity contribution in [2.45, 2.75) is 26.4 Å². The van der Waals surface area contributed by atoms with E-state index in [1.807, 2.05) is 44.2 Å². The summed E-state index contributed by atoms with van der Waals surface area (Å²) >= 11 is 0. The number of hydrogen-bond acceptors (Lipinski definition) is 7. The first-order chi connectivity index (χ1) is 14.1. The number of carbonyl (C=O) groups is 1. The van der Waals surface area contributed by atoms with E-state index in [0.717, 1.165) is 11.3 Å². The summed E-state index contributed by atoms with van der Waals surface area (Å²) in [5.41, 5.74) is 2.49. The molecule has 1 N–H and O–H groups in total. The minimum absolute atomic E-state index is 0.201.